The summed E-state index contributed by atoms with van der Waals surface area (Å²) in [6.07, 6.45) is 3.22. The van der Waals surface area contributed by atoms with Crippen molar-refractivity contribution in [2.45, 2.75) is 26.2 Å². The van der Waals surface area contributed by atoms with Gasteiger partial charge in [-0.2, -0.15) is 0 Å². The Hall–Kier alpha value is -1.81. The van der Waals surface area contributed by atoms with E-state index in [1.165, 1.54) is 16.9 Å². The van der Waals surface area contributed by atoms with E-state index in [4.69, 9.17) is 5.73 Å². The summed E-state index contributed by atoms with van der Waals surface area (Å²) in [7, 11) is 0. The lowest BCUT2D eigenvalue weighted by atomic mass is 10.1. The van der Waals surface area contributed by atoms with Crippen LogP contribution < -0.4 is 10.6 Å². The van der Waals surface area contributed by atoms with Crippen LogP contribution in [0.25, 0.3) is 0 Å². The zero-order valence-electron chi connectivity index (χ0n) is 11.6. The molecule has 1 amide bonds. The minimum Gasteiger partial charge on any atom is -0.398 e. The predicted octanol–water partition coefficient (Wildman–Crippen LogP) is 3.62. The molecule has 0 radical (unpaired) electrons. The molecule has 0 atom stereocenters. The van der Waals surface area contributed by atoms with Gasteiger partial charge in [-0.15, -0.1) is 11.3 Å². The Morgan fingerprint density at radius 3 is 2.85 bits per heavy atom. The standard InChI is InChI=1S/C16H18N2OS/c1-11-13(17)10-15(20-11)16(19)18-9-5-4-7-12-6-2-3-8-14(12)18/h2-3,6,8,10H,4-5,7,9,17H2,1H3. The van der Waals surface area contributed by atoms with Gasteiger partial charge < -0.3 is 10.6 Å². The van der Waals surface area contributed by atoms with E-state index in [0.29, 0.717) is 5.69 Å². The van der Waals surface area contributed by atoms with E-state index in [0.717, 1.165) is 41.2 Å². The number of rotatable bonds is 1. The summed E-state index contributed by atoms with van der Waals surface area (Å²) >= 11 is 1.48. The number of hydrogen-bond donors (Lipinski definition) is 1. The van der Waals surface area contributed by atoms with Crippen LogP contribution >= 0.6 is 11.3 Å². The van der Waals surface area contributed by atoms with E-state index in [1.807, 2.05) is 30.0 Å². The molecule has 0 saturated heterocycles. The van der Waals surface area contributed by atoms with Crippen LogP contribution in [-0.4, -0.2) is 12.5 Å². The highest BCUT2D eigenvalue weighted by atomic mass is 32.1. The molecule has 1 aliphatic rings. The highest BCUT2D eigenvalue weighted by Crippen LogP contribution is 2.30. The summed E-state index contributed by atoms with van der Waals surface area (Å²) in [6, 6.07) is 10.0. The topological polar surface area (TPSA) is 46.3 Å². The van der Waals surface area contributed by atoms with Crippen molar-refractivity contribution in [2.24, 2.45) is 0 Å². The number of anilines is 2. The van der Waals surface area contributed by atoms with Crippen molar-refractivity contribution in [3.8, 4) is 0 Å². The van der Waals surface area contributed by atoms with Gasteiger partial charge in [-0.05, 0) is 43.9 Å². The second kappa shape index (κ2) is 5.29. The quantitative estimate of drug-likeness (QED) is 0.870. The maximum Gasteiger partial charge on any atom is 0.268 e. The number of nitrogen functional groups attached to an aromatic ring is 1. The fraction of sp³-hybridized carbons (Fsp3) is 0.312. The van der Waals surface area contributed by atoms with E-state index >= 15 is 0 Å². The van der Waals surface area contributed by atoms with Crippen molar-refractivity contribution in [2.75, 3.05) is 17.2 Å². The Labute approximate surface area is 123 Å². The summed E-state index contributed by atoms with van der Waals surface area (Å²) < 4.78 is 0. The average molecular weight is 286 g/mol. The molecule has 0 fully saturated rings. The number of para-hydroxylation sites is 1. The SMILES string of the molecule is Cc1sc(C(=O)N2CCCCc3ccccc32)cc1N. The zero-order valence-corrected chi connectivity index (χ0v) is 12.4. The van der Waals surface area contributed by atoms with E-state index < -0.39 is 0 Å². The fourth-order valence-corrected chi connectivity index (χ4v) is 3.53. The molecule has 3 nitrogen and oxygen atoms in total. The van der Waals surface area contributed by atoms with Gasteiger partial charge in [0.1, 0.15) is 0 Å². The molecule has 4 heteroatoms. The number of fused-ring (bicyclic) bond motifs is 1. The minimum absolute atomic E-state index is 0.0733. The third-order valence-electron chi connectivity index (χ3n) is 3.77. The molecular weight excluding hydrogens is 268 g/mol. The van der Waals surface area contributed by atoms with Crippen molar-refractivity contribution in [3.63, 3.8) is 0 Å². The van der Waals surface area contributed by atoms with Gasteiger partial charge in [-0.3, -0.25) is 4.79 Å². The molecule has 2 heterocycles. The lowest BCUT2D eigenvalue weighted by Crippen LogP contribution is -2.31. The molecule has 20 heavy (non-hydrogen) atoms. The molecule has 0 saturated carbocycles. The summed E-state index contributed by atoms with van der Waals surface area (Å²) in [4.78, 5) is 16.4. The Bertz CT molecular complexity index is 628. The maximum atomic E-state index is 12.8. The molecule has 3 rings (SSSR count). The number of nitrogens with zero attached hydrogens (tertiary/aromatic N) is 1. The van der Waals surface area contributed by atoms with Crippen LogP contribution in [0.15, 0.2) is 30.3 Å². The van der Waals surface area contributed by atoms with Gasteiger partial charge in [0.15, 0.2) is 0 Å². The molecular formula is C16H18N2OS. The number of nitrogens with two attached hydrogens (primary N) is 1. The predicted molar refractivity (Wildman–Crippen MR) is 84.5 cm³/mol. The Morgan fingerprint density at radius 2 is 2.10 bits per heavy atom. The number of thiophene rings is 1. The van der Waals surface area contributed by atoms with Crippen molar-refractivity contribution in [3.05, 3.63) is 45.6 Å². The highest BCUT2D eigenvalue weighted by molar-refractivity contribution is 7.14. The zero-order chi connectivity index (χ0) is 14.1. The second-order valence-electron chi connectivity index (χ2n) is 5.16. The average Bonchev–Trinajstić information content (AvgIpc) is 2.68. The van der Waals surface area contributed by atoms with Crippen LogP contribution in [0.2, 0.25) is 0 Å². The molecule has 0 bridgehead atoms. The first-order valence-electron chi connectivity index (χ1n) is 6.92. The van der Waals surface area contributed by atoms with E-state index in [-0.39, 0.29) is 5.91 Å². The molecule has 2 N–H and O–H groups in total. The first-order chi connectivity index (χ1) is 9.66. The molecule has 2 aromatic rings. The van der Waals surface area contributed by atoms with E-state index in [2.05, 4.69) is 6.07 Å². The Morgan fingerprint density at radius 1 is 1.30 bits per heavy atom. The van der Waals surface area contributed by atoms with E-state index in [1.54, 1.807) is 6.07 Å². The molecule has 104 valence electrons. The summed E-state index contributed by atoms with van der Waals surface area (Å²) in [5.41, 5.74) is 8.90. The molecule has 0 spiro atoms. The third-order valence-corrected chi connectivity index (χ3v) is 4.83. The van der Waals surface area contributed by atoms with Crippen LogP contribution in [-0.2, 0) is 6.42 Å². The van der Waals surface area contributed by atoms with Gasteiger partial charge in [0, 0.05) is 22.8 Å². The van der Waals surface area contributed by atoms with Crippen LogP contribution in [0, 0.1) is 6.92 Å². The van der Waals surface area contributed by atoms with E-state index in [9.17, 15) is 4.79 Å². The number of carbonyl (C=O) groups is 1. The van der Waals surface area contributed by atoms with Gasteiger partial charge in [0.2, 0.25) is 0 Å². The van der Waals surface area contributed by atoms with Gasteiger partial charge in [0.05, 0.1) is 4.88 Å². The van der Waals surface area contributed by atoms with Crippen LogP contribution in [0.4, 0.5) is 11.4 Å². The smallest absolute Gasteiger partial charge is 0.268 e. The van der Waals surface area contributed by atoms with Crippen molar-refractivity contribution < 1.29 is 4.79 Å². The number of amides is 1. The van der Waals surface area contributed by atoms with Crippen LogP contribution in [0.5, 0.6) is 0 Å². The third kappa shape index (κ3) is 2.31. The highest BCUT2D eigenvalue weighted by Gasteiger charge is 2.23. The normalized spacial score (nSPS) is 14.8. The van der Waals surface area contributed by atoms with Crippen molar-refractivity contribution >= 4 is 28.6 Å². The Kier molecular flexibility index (Phi) is 3.49. The minimum atomic E-state index is 0.0733. The first-order valence-corrected chi connectivity index (χ1v) is 7.74. The molecule has 0 unspecified atom stereocenters. The number of carbonyl (C=O) groups excluding carboxylic acids is 1. The first kappa shape index (κ1) is 13.2. The monoisotopic (exact) mass is 286 g/mol. The maximum absolute atomic E-state index is 12.8. The summed E-state index contributed by atoms with van der Waals surface area (Å²) in [6.45, 7) is 2.74. The number of aryl methyl sites for hydroxylation is 2. The number of benzene rings is 1. The van der Waals surface area contributed by atoms with Gasteiger partial charge in [-0.1, -0.05) is 18.2 Å². The van der Waals surface area contributed by atoms with Crippen molar-refractivity contribution in [1.29, 1.82) is 0 Å². The molecule has 0 aliphatic carbocycles. The fourth-order valence-electron chi connectivity index (χ4n) is 2.64. The van der Waals surface area contributed by atoms with Crippen LogP contribution in [0.1, 0.15) is 33.0 Å². The molecule has 1 aromatic carbocycles. The largest absolute Gasteiger partial charge is 0.398 e. The lowest BCUT2D eigenvalue weighted by Gasteiger charge is -2.22. The van der Waals surface area contributed by atoms with Gasteiger partial charge in [0.25, 0.3) is 5.91 Å². The summed E-state index contributed by atoms with van der Waals surface area (Å²) in [5, 5.41) is 0. The number of hydrogen-bond acceptors (Lipinski definition) is 3. The second-order valence-corrected chi connectivity index (χ2v) is 6.42. The molecule has 1 aliphatic heterocycles. The Balaban J connectivity index is 1.99. The molecule has 1 aromatic heterocycles. The van der Waals surface area contributed by atoms with Gasteiger partial charge in [-0.25, -0.2) is 0 Å². The van der Waals surface area contributed by atoms with Gasteiger partial charge >= 0.3 is 0 Å². The van der Waals surface area contributed by atoms with Crippen LogP contribution in [0.3, 0.4) is 0 Å². The summed E-state index contributed by atoms with van der Waals surface area (Å²) in [5.74, 6) is 0.0733. The van der Waals surface area contributed by atoms with Crippen molar-refractivity contribution in [1.82, 2.24) is 0 Å². The lowest BCUT2D eigenvalue weighted by molar-refractivity contribution is 0.0991.